The maximum absolute atomic E-state index is 12.6. The molecule has 0 N–H and O–H groups in total. The van der Waals surface area contributed by atoms with Gasteiger partial charge in [0.05, 0.1) is 0 Å². The zero-order valence-electron chi connectivity index (χ0n) is 13.3. The monoisotopic (exact) mass is 320 g/mol. The van der Waals surface area contributed by atoms with Gasteiger partial charge >= 0.3 is 0 Å². The minimum absolute atomic E-state index is 0.212. The molecule has 4 heteroatoms. The number of hydrogen-bond acceptors (Lipinski definition) is 2. The third-order valence-electron chi connectivity index (χ3n) is 5.11. The van der Waals surface area contributed by atoms with Crippen molar-refractivity contribution < 1.29 is 4.79 Å². The van der Waals surface area contributed by atoms with E-state index >= 15 is 0 Å². The predicted molar refractivity (Wildman–Crippen MR) is 91.4 cm³/mol. The van der Waals surface area contributed by atoms with Crippen molar-refractivity contribution in [3.05, 3.63) is 29.3 Å². The van der Waals surface area contributed by atoms with Crippen LogP contribution in [-0.4, -0.2) is 37.0 Å². The average Bonchev–Trinajstić information content (AvgIpc) is 2.55. The molecule has 0 bridgehead atoms. The lowest BCUT2D eigenvalue weighted by molar-refractivity contribution is -0.137. The van der Waals surface area contributed by atoms with Gasteiger partial charge in [0.15, 0.2) is 0 Å². The Kier molecular flexibility index (Phi) is 4.92. The van der Waals surface area contributed by atoms with Crippen molar-refractivity contribution >= 4 is 23.2 Å². The maximum atomic E-state index is 12.6. The SMILES string of the molecule is CC1CCN(C(=O)C2CCN(c3cccc(Cl)c3)CC2)CC1. The van der Waals surface area contributed by atoms with Gasteiger partial charge in [-0.05, 0) is 49.8 Å². The van der Waals surface area contributed by atoms with Crippen molar-refractivity contribution in [1.82, 2.24) is 4.90 Å². The largest absolute Gasteiger partial charge is 0.371 e. The molecule has 2 aliphatic rings. The Labute approximate surface area is 138 Å². The molecule has 1 aromatic rings. The van der Waals surface area contributed by atoms with Gasteiger partial charge in [-0.3, -0.25) is 4.79 Å². The number of nitrogens with zero attached hydrogens (tertiary/aromatic N) is 2. The first-order valence-electron chi connectivity index (χ1n) is 8.43. The number of hydrogen-bond donors (Lipinski definition) is 0. The summed E-state index contributed by atoms with van der Waals surface area (Å²) >= 11 is 6.07. The van der Waals surface area contributed by atoms with E-state index in [1.54, 1.807) is 0 Å². The first-order valence-corrected chi connectivity index (χ1v) is 8.80. The van der Waals surface area contributed by atoms with Crippen LogP contribution in [0.2, 0.25) is 5.02 Å². The molecule has 2 saturated heterocycles. The van der Waals surface area contributed by atoms with Crippen molar-refractivity contribution in [2.24, 2.45) is 11.8 Å². The Bertz CT molecular complexity index is 518. The lowest BCUT2D eigenvalue weighted by atomic mass is 9.92. The van der Waals surface area contributed by atoms with Crippen molar-refractivity contribution in [1.29, 1.82) is 0 Å². The van der Waals surface area contributed by atoms with Gasteiger partial charge in [0, 0.05) is 42.8 Å². The zero-order chi connectivity index (χ0) is 15.5. The van der Waals surface area contributed by atoms with E-state index in [1.165, 1.54) is 5.69 Å². The zero-order valence-corrected chi connectivity index (χ0v) is 14.1. The van der Waals surface area contributed by atoms with Gasteiger partial charge in [0.2, 0.25) is 5.91 Å². The summed E-state index contributed by atoms with van der Waals surface area (Å²) in [6.07, 6.45) is 4.23. The predicted octanol–water partition coefficient (Wildman–Crippen LogP) is 3.81. The van der Waals surface area contributed by atoms with Crippen LogP contribution in [0.1, 0.15) is 32.6 Å². The number of likely N-dealkylation sites (tertiary alicyclic amines) is 1. The molecule has 3 nitrogen and oxygen atoms in total. The fourth-order valence-electron chi connectivity index (χ4n) is 3.54. The van der Waals surface area contributed by atoms with Gasteiger partial charge in [0.25, 0.3) is 0 Å². The van der Waals surface area contributed by atoms with E-state index < -0.39 is 0 Å². The second-order valence-corrected chi connectivity index (χ2v) is 7.19. The lowest BCUT2D eigenvalue weighted by Gasteiger charge is -2.37. The van der Waals surface area contributed by atoms with E-state index in [1.807, 2.05) is 18.2 Å². The van der Waals surface area contributed by atoms with E-state index in [9.17, 15) is 4.79 Å². The molecule has 120 valence electrons. The highest BCUT2D eigenvalue weighted by atomic mass is 35.5. The minimum Gasteiger partial charge on any atom is -0.371 e. The number of piperidine rings is 2. The quantitative estimate of drug-likeness (QED) is 0.827. The number of carbonyl (C=O) groups is 1. The molecule has 0 spiro atoms. The first-order chi connectivity index (χ1) is 10.6. The Morgan fingerprint density at radius 3 is 2.41 bits per heavy atom. The van der Waals surface area contributed by atoms with Crippen LogP contribution in [0.15, 0.2) is 24.3 Å². The Hall–Kier alpha value is -1.22. The standard InChI is InChI=1S/C18H25ClN2O/c1-14-5-9-21(10-6-14)18(22)15-7-11-20(12-8-15)17-4-2-3-16(19)13-17/h2-4,13-15H,5-12H2,1H3. The molecule has 0 aliphatic carbocycles. The molecule has 0 aromatic heterocycles. The summed E-state index contributed by atoms with van der Waals surface area (Å²) < 4.78 is 0. The molecule has 0 radical (unpaired) electrons. The number of anilines is 1. The van der Waals surface area contributed by atoms with Gasteiger partial charge in [-0.25, -0.2) is 0 Å². The minimum atomic E-state index is 0.212. The van der Waals surface area contributed by atoms with Crippen LogP contribution in [-0.2, 0) is 4.79 Å². The smallest absolute Gasteiger partial charge is 0.225 e. The van der Waals surface area contributed by atoms with Gasteiger partial charge in [-0.2, -0.15) is 0 Å². The summed E-state index contributed by atoms with van der Waals surface area (Å²) in [5, 5.41) is 0.776. The summed E-state index contributed by atoms with van der Waals surface area (Å²) in [6, 6.07) is 8.00. The Morgan fingerprint density at radius 1 is 1.09 bits per heavy atom. The molecular weight excluding hydrogens is 296 g/mol. The average molecular weight is 321 g/mol. The first kappa shape index (κ1) is 15.7. The fraction of sp³-hybridized carbons (Fsp3) is 0.611. The molecule has 2 fully saturated rings. The summed E-state index contributed by atoms with van der Waals surface area (Å²) in [5.74, 6) is 1.37. The van der Waals surface area contributed by atoms with Crippen molar-refractivity contribution in [3.63, 3.8) is 0 Å². The maximum Gasteiger partial charge on any atom is 0.225 e. The normalized spacial score (nSPS) is 21.2. The molecule has 22 heavy (non-hydrogen) atoms. The van der Waals surface area contributed by atoms with E-state index in [2.05, 4.69) is 22.8 Å². The molecule has 0 saturated carbocycles. The van der Waals surface area contributed by atoms with Crippen LogP contribution in [0.3, 0.4) is 0 Å². The highest BCUT2D eigenvalue weighted by Gasteiger charge is 2.30. The van der Waals surface area contributed by atoms with E-state index in [0.717, 1.165) is 62.8 Å². The summed E-state index contributed by atoms with van der Waals surface area (Å²) in [6.45, 7) is 6.08. The third-order valence-corrected chi connectivity index (χ3v) is 5.35. The van der Waals surface area contributed by atoms with Crippen LogP contribution in [0.4, 0.5) is 5.69 Å². The van der Waals surface area contributed by atoms with Crippen LogP contribution in [0.5, 0.6) is 0 Å². The molecule has 0 unspecified atom stereocenters. The molecule has 1 amide bonds. The topological polar surface area (TPSA) is 23.6 Å². The highest BCUT2D eigenvalue weighted by Crippen LogP contribution is 2.27. The van der Waals surface area contributed by atoms with Crippen LogP contribution in [0.25, 0.3) is 0 Å². The number of rotatable bonds is 2. The second kappa shape index (κ2) is 6.91. The summed E-state index contributed by atoms with van der Waals surface area (Å²) in [7, 11) is 0. The molecule has 2 heterocycles. The van der Waals surface area contributed by atoms with Crippen molar-refractivity contribution in [2.75, 3.05) is 31.1 Å². The molecule has 0 atom stereocenters. The molecule has 1 aromatic carbocycles. The Morgan fingerprint density at radius 2 is 1.77 bits per heavy atom. The number of carbonyl (C=O) groups excluding carboxylic acids is 1. The van der Waals surface area contributed by atoms with Crippen molar-refractivity contribution in [2.45, 2.75) is 32.6 Å². The van der Waals surface area contributed by atoms with Gasteiger partial charge in [0.1, 0.15) is 0 Å². The van der Waals surface area contributed by atoms with Crippen LogP contribution >= 0.6 is 11.6 Å². The third kappa shape index (κ3) is 3.57. The van der Waals surface area contributed by atoms with Crippen molar-refractivity contribution in [3.8, 4) is 0 Å². The second-order valence-electron chi connectivity index (χ2n) is 6.75. The van der Waals surface area contributed by atoms with Gasteiger partial charge in [-0.15, -0.1) is 0 Å². The summed E-state index contributed by atoms with van der Waals surface area (Å²) in [4.78, 5) is 17.1. The van der Waals surface area contributed by atoms with Gasteiger partial charge < -0.3 is 9.80 Å². The summed E-state index contributed by atoms with van der Waals surface area (Å²) in [5.41, 5.74) is 1.17. The number of benzene rings is 1. The number of halogens is 1. The van der Waals surface area contributed by atoms with E-state index in [0.29, 0.717) is 5.91 Å². The van der Waals surface area contributed by atoms with E-state index in [4.69, 9.17) is 11.6 Å². The van der Waals surface area contributed by atoms with Crippen LogP contribution in [0, 0.1) is 11.8 Å². The highest BCUT2D eigenvalue weighted by molar-refractivity contribution is 6.30. The fourth-order valence-corrected chi connectivity index (χ4v) is 3.73. The molecular formula is C18H25ClN2O. The van der Waals surface area contributed by atoms with Gasteiger partial charge in [-0.1, -0.05) is 24.6 Å². The molecule has 3 rings (SSSR count). The lowest BCUT2D eigenvalue weighted by Crippen LogP contribution is -2.45. The molecule has 2 aliphatic heterocycles. The number of amides is 1. The van der Waals surface area contributed by atoms with Crippen LogP contribution < -0.4 is 4.90 Å². The van der Waals surface area contributed by atoms with E-state index in [-0.39, 0.29) is 5.92 Å². The Balaban J connectivity index is 1.54.